The zero-order chi connectivity index (χ0) is 17.0. The van der Waals surface area contributed by atoms with Crippen molar-refractivity contribution in [1.82, 2.24) is 0 Å². The highest BCUT2D eigenvalue weighted by molar-refractivity contribution is 7.18. The number of anilines is 1. The number of hydrogen-bond donors (Lipinski definition) is 2. The summed E-state index contributed by atoms with van der Waals surface area (Å²) >= 11 is 1.04. The van der Waals surface area contributed by atoms with E-state index in [1.165, 1.54) is 0 Å². The average molecular weight is 327 g/mol. The van der Waals surface area contributed by atoms with Crippen LogP contribution in [0.1, 0.15) is 45.6 Å². The van der Waals surface area contributed by atoms with Gasteiger partial charge in [0.25, 0.3) is 5.91 Å². The lowest BCUT2D eigenvalue weighted by molar-refractivity contribution is -0.117. The second kappa shape index (κ2) is 7.07. The first-order valence-corrected chi connectivity index (χ1v) is 8.00. The van der Waals surface area contributed by atoms with Crippen molar-refractivity contribution in [2.75, 3.05) is 5.32 Å². The Morgan fingerprint density at radius 3 is 2.52 bits per heavy atom. The lowest BCUT2D eigenvalue weighted by Crippen LogP contribution is -2.20. The molecule has 2 rings (SSSR count). The molecule has 0 saturated carbocycles. The molecule has 0 aliphatic rings. The van der Waals surface area contributed by atoms with E-state index < -0.39 is 5.91 Å². The van der Waals surface area contributed by atoms with Crippen molar-refractivity contribution < 1.29 is 9.59 Å². The predicted molar refractivity (Wildman–Crippen MR) is 90.4 cm³/mol. The van der Waals surface area contributed by atoms with Gasteiger partial charge in [-0.25, -0.2) is 0 Å². The number of primary amides is 1. The predicted octanol–water partition coefficient (Wildman–Crippen LogP) is 3.16. The summed E-state index contributed by atoms with van der Waals surface area (Å²) < 4.78 is 0. The first-order chi connectivity index (χ1) is 11.0. The molecule has 0 radical (unpaired) electrons. The standard InChI is InChI=1S/C17H17N3O2S/c1-3-12(11-7-5-4-6-8-11)16(22)20-17-13(9-18)10(2)14(23-17)15(19)21/h4-8,12H,3H2,1-2H3,(H2,19,21)(H,20,22)/t12-/m0/s1. The van der Waals surface area contributed by atoms with Crippen LogP contribution in [0.25, 0.3) is 0 Å². The molecule has 0 spiro atoms. The number of amides is 2. The largest absolute Gasteiger partial charge is 0.365 e. The maximum atomic E-state index is 12.6. The van der Waals surface area contributed by atoms with Crippen molar-refractivity contribution in [3.63, 3.8) is 0 Å². The van der Waals surface area contributed by atoms with Gasteiger partial charge in [-0.05, 0) is 24.5 Å². The fourth-order valence-corrected chi connectivity index (χ4v) is 3.44. The van der Waals surface area contributed by atoms with Gasteiger partial charge in [-0.3, -0.25) is 9.59 Å². The number of carbonyl (C=O) groups is 2. The molecule has 0 unspecified atom stereocenters. The zero-order valence-electron chi connectivity index (χ0n) is 12.9. The van der Waals surface area contributed by atoms with Crippen molar-refractivity contribution in [3.05, 3.63) is 51.9 Å². The summed E-state index contributed by atoms with van der Waals surface area (Å²) in [5.74, 6) is -1.12. The third-order valence-electron chi connectivity index (χ3n) is 3.65. The minimum absolute atomic E-state index is 0.201. The number of nitrogens with zero attached hydrogens (tertiary/aromatic N) is 1. The Hall–Kier alpha value is -2.65. The average Bonchev–Trinajstić information content (AvgIpc) is 2.85. The zero-order valence-corrected chi connectivity index (χ0v) is 13.7. The molecule has 6 heteroatoms. The molecule has 1 aromatic heterocycles. The fourth-order valence-electron chi connectivity index (χ4n) is 2.43. The van der Waals surface area contributed by atoms with Crippen molar-refractivity contribution >= 4 is 28.2 Å². The van der Waals surface area contributed by atoms with E-state index in [2.05, 4.69) is 5.32 Å². The van der Waals surface area contributed by atoms with Crippen molar-refractivity contribution in [3.8, 4) is 6.07 Å². The summed E-state index contributed by atoms with van der Waals surface area (Å²) in [6, 6.07) is 11.5. The third kappa shape index (κ3) is 3.41. The molecule has 0 aliphatic carbocycles. The number of benzene rings is 1. The van der Waals surface area contributed by atoms with E-state index in [0.717, 1.165) is 16.9 Å². The van der Waals surface area contributed by atoms with E-state index in [9.17, 15) is 14.9 Å². The Kier molecular flexibility index (Phi) is 5.14. The van der Waals surface area contributed by atoms with Crippen molar-refractivity contribution in [2.45, 2.75) is 26.2 Å². The first kappa shape index (κ1) is 16.7. The lowest BCUT2D eigenvalue weighted by atomic mass is 9.96. The Bertz CT molecular complexity index is 775. The van der Waals surface area contributed by atoms with E-state index in [1.54, 1.807) is 6.92 Å². The molecule has 5 nitrogen and oxygen atoms in total. The van der Waals surface area contributed by atoms with E-state index in [1.807, 2.05) is 43.3 Å². The highest BCUT2D eigenvalue weighted by atomic mass is 32.1. The van der Waals surface area contributed by atoms with Gasteiger partial charge < -0.3 is 11.1 Å². The molecule has 0 bridgehead atoms. The fraction of sp³-hybridized carbons (Fsp3) is 0.235. The van der Waals surface area contributed by atoms with Gasteiger partial charge in [0.15, 0.2) is 0 Å². The van der Waals surface area contributed by atoms with E-state index >= 15 is 0 Å². The SMILES string of the molecule is CC[C@H](C(=O)Nc1sc(C(N)=O)c(C)c1C#N)c1ccccc1. The van der Waals surface area contributed by atoms with Gasteiger partial charge in [0, 0.05) is 0 Å². The normalized spacial score (nSPS) is 11.5. The second-order valence-electron chi connectivity index (χ2n) is 5.10. The van der Waals surface area contributed by atoms with Crippen LogP contribution < -0.4 is 11.1 Å². The number of thiophene rings is 1. The summed E-state index contributed by atoms with van der Waals surface area (Å²) in [4.78, 5) is 24.3. The maximum absolute atomic E-state index is 12.6. The molecule has 118 valence electrons. The monoisotopic (exact) mass is 327 g/mol. The third-order valence-corrected chi connectivity index (χ3v) is 4.87. The number of nitrogens with one attached hydrogen (secondary N) is 1. The summed E-state index contributed by atoms with van der Waals surface area (Å²) in [7, 11) is 0. The van der Waals surface area contributed by atoms with Crippen LogP contribution in [0.3, 0.4) is 0 Å². The second-order valence-corrected chi connectivity index (χ2v) is 6.12. The smallest absolute Gasteiger partial charge is 0.259 e. The molecule has 0 saturated heterocycles. The highest BCUT2D eigenvalue weighted by Crippen LogP contribution is 2.33. The Morgan fingerprint density at radius 2 is 2.00 bits per heavy atom. The van der Waals surface area contributed by atoms with Gasteiger partial charge in [-0.2, -0.15) is 5.26 Å². The van der Waals surface area contributed by atoms with Crippen LogP contribution in [0.5, 0.6) is 0 Å². The number of rotatable bonds is 5. The van der Waals surface area contributed by atoms with Gasteiger partial charge in [0.05, 0.1) is 16.4 Å². The van der Waals surface area contributed by atoms with Gasteiger partial charge in [0.2, 0.25) is 5.91 Å². The molecule has 23 heavy (non-hydrogen) atoms. The Labute approximate surface area is 138 Å². The van der Waals surface area contributed by atoms with Crippen molar-refractivity contribution in [1.29, 1.82) is 5.26 Å². The Morgan fingerprint density at radius 1 is 1.35 bits per heavy atom. The first-order valence-electron chi connectivity index (χ1n) is 7.18. The number of nitriles is 1. The van der Waals surface area contributed by atoms with Crippen LogP contribution in [0.15, 0.2) is 30.3 Å². The maximum Gasteiger partial charge on any atom is 0.259 e. The Balaban J connectivity index is 2.31. The van der Waals surface area contributed by atoms with Gasteiger partial charge in [-0.15, -0.1) is 11.3 Å². The van der Waals surface area contributed by atoms with Gasteiger partial charge in [-0.1, -0.05) is 37.3 Å². The highest BCUT2D eigenvalue weighted by Gasteiger charge is 2.23. The van der Waals surface area contributed by atoms with E-state index in [-0.39, 0.29) is 11.8 Å². The molecule has 3 N–H and O–H groups in total. The van der Waals surface area contributed by atoms with Gasteiger partial charge in [0.1, 0.15) is 11.1 Å². The molecule has 1 aromatic carbocycles. The van der Waals surface area contributed by atoms with Crippen LogP contribution in [-0.4, -0.2) is 11.8 Å². The number of nitrogens with two attached hydrogens (primary N) is 1. The molecule has 2 aromatic rings. The summed E-state index contributed by atoms with van der Waals surface area (Å²) in [5.41, 5.74) is 7.02. The van der Waals surface area contributed by atoms with E-state index in [4.69, 9.17) is 5.73 Å². The molecule has 2 amide bonds. The molecular formula is C17H17N3O2S. The molecule has 0 fully saturated rings. The van der Waals surface area contributed by atoms with Gasteiger partial charge >= 0.3 is 0 Å². The molecule has 1 heterocycles. The summed E-state index contributed by atoms with van der Waals surface area (Å²) in [6.07, 6.45) is 0.630. The molecule has 0 aliphatic heterocycles. The summed E-state index contributed by atoms with van der Waals surface area (Å²) in [5, 5.41) is 12.4. The van der Waals surface area contributed by atoms with Crippen LogP contribution in [0, 0.1) is 18.3 Å². The quantitative estimate of drug-likeness (QED) is 0.883. The van der Waals surface area contributed by atoms with Crippen LogP contribution in [0.4, 0.5) is 5.00 Å². The van der Waals surface area contributed by atoms with E-state index in [0.29, 0.717) is 27.4 Å². The van der Waals surface area contributed by atoms with Crippen LogP contribution in [-0.2, 0) is 4.79 Å². The molecular weight excluding hydrogens is 310 g/mol. The number of carbonyl (C=O) groups excluding carboxylic acids is 2. The molecule has 1 atom stereocenters. The summed E-state index contributed by atoms with van der Waals surface area (Å²) in [6.45, 7) is 3.58. The minimum Gasteiger partial charge on any atom is -0.365 e. The lowest BCUT2D eigenvalue weighted by Gasteiger charge is -2.14. The topological polar surface area (TPSA) is 96.0 Å². The van der Waals surface area contributed by atoms with Crippen LogP contribution >= 0.6 is 11.3 Å². The minimum atomic E-state index is -0.598. The van der Waals surface area contributed by atoms with Crippen molar-refractivity contribution in [2.24, 2.45) is 5.73 Å². The van der Waals surface area contributed by atoms with Crippen LogP contribution in [0.2, 0.25) is 0 Å². The number of hydrogen-bond acceptors (Lipinski definition) is 4.